The first-order valence-corrected chi connectivity index (χ1v) is 9.36. The van der Waals surface area contributed by atoms with E-state index >= 15 is 0 Å². The van der Waals surface area contributed by atoms with Crippen molar-refractivity contribution in [3.05, 3.63) is 47.2 Å². The van der Waals surface area contributed by atoms with Gasteiger partial charge in [0, 0.05) is 24.4 Å². The van der Waals surface area contributed by atoms with Gasteiger partial charge in [-0.2, -0.15) is 5.10 Å². The van der Waals surface area contributed by atoms with E-state index in [9.17, 15) is 13.8 Å². The second kappa shape index (κ2) is 5.53. The summed E-state index contributed by atoms with van der Waals surface area (Å²) in [5.41, 5.74) is 2.90. The molecule has 1 aliphatic carbocycles. The molecule has 1 atom stereocenters. The second-order valence-corrected chi connectivity index (χ2v) is 7.66. The number of oxazole rings is 1. The molecule has 3 heterocycles. The molecule has 9 heteroatoms. The summed E-state index contributed by atoms with van der Waals surface area (Å²) in [4.78, 5) is 23.4. The number of hydrogen-bond donors (Lipinski definition) is 1. The molecule has 1 aliphatic heterocycles. The summed E-state index contributed by atoms with van der Waals surface area (Å²) >= 11 is 0. The maximum absolute atomic E-state index is 12.1. The van der Waals surface area contributed by atoms with Crippen molar-refractivity contribution in [2.75, 3.05) is 0 Å². The van der Waals surface area contributed by atoms with Crippen molar-refractivity contribution in [1.82, 2.24) is 19.1 Å². The molecule has 1 N–H and O–H groups in total. The van der Waals surface area contributed by atoms with Gasteiger partial charge in [-0.25, -0.2) is 13.7 Å². The van der Waals surface area contributed by atoms with Crippen LogP contribution in [0.2, 0.25) is 0 Å². The lowest BCUT2D eigenvalue weighted by molar-refractivity contribution is -0.114. The van der Waals surface area contributed by atoms with Crippen LogP contribution in [0.15, 0.2) is 45.9 Å². The van der Waals surface area contributed by atoms with Crippen LogP contribution >= 0.6 is 0 Å². The van der Waals surface area contributed by atoms with E-state index in [0.717, 1.165) is 29.5 Å². The SMILES string of the molecule is O=C1C=C(n2cc(-c3ccc4c(c3)oc(=O)n4CC3CC3)cn2)S(=O)N1. The van der Waals surface area contributed by atoms with Crippen LogP contribution < -0.4 is 10.5 Å². The first-order valence-electron chi connectivity index (χ1n) is 8.21. The van der Waals surface area contributed by atoms with Crippen molar-refractivity contribution in [1.29, 1.82) is 0 Å². The summed E-state index contributed by atoms with van der Waals surface area (Å²) in [6.45, 7) is 0.699. The third kappa shape index (κ3) is 2.51. The highest BCUT2D eigenvalue weighted by molar-refractivity contribution is 7.93. The van der Waals surface area contributed by atoms with Gasteiger partial charge in [-0.1, -0.05) is 6.07 Å². The van der Waals surface area contributed by atoms with Crippen molar-refractivity contribution in [2.45, 2.75) is 19.4 Å². The predicted molar refractivity (Wildman–Crippen MR) is 95.0 cm³/mol. The third-order valence-corrected chi connectivity index (χ3v) is 5.66. The molecule has 1 unspecified atom stereocenters. The zero-order chi connectivity index (χ0) is 17.8. The minimum absolute atomic E-state index is 0.282. The van der Waals surface area contributed by atoms with E-state index in [1.807, 2.05) is 12.1 Å². The summed E-state index contributed by atoms with van der Waals surface area (Å²) in [7, 11) is -1.61. The Morgan fingerprint density at radius 3 is 2.85 bits per heavy atom. The van der Waals surface area contributed by atoms with Gasteiger partial charge >= 0.3 is 5.76 Å². The van der Waals surface area contributed by atoms with Gasteiger partial charge in [-0.05, 0) is 36.5 Å². The highest BCUT2D eigenvalue weighted by Gasteiger charge is 2.25. The highest BCUT2D eigenvalue weighted by atomic mass is 32.2. The van der Waals surface area contributed by atoms with Crippen LogP contribution in [0.25, 0.3) is 27.3 Å². The molecule has 26 heavy (non-hydrogen) atoms. The van der Waals surface area contributed by atoms with E-state index in [2.05, 4.69) is 9.82 Å². The van der Waals surface area contributed by atoms with Crippen LogP contribution in [0.4, 0.5) is 0 Å². The smallest absolute Gasteiger partial charge is 0.408 e. The fraction of sp³-hybridized carbons (Fsp3) is 0.235. The average molecular weight is 370 g/mol. The normalized spacial score (nSPS) is 19.8. The van der Waals surface area contributed by atoms with Gasteiger partial charge in [-0.3, -0.25) is 14.1 Å². The molecule has 2 aliphatic rings. The molecule has 1 aromatic carbocycles. The van der Waals surface area contributed by atoms with Gasteiger partial charge in [0.25, 0.3) is 5.91 Å². The maximum Gasteiger partial charge on any atom is 0.419 e. The standard InChI is InChI=1S/C17H14N4O4S/c22-15-6-16(26(24)19-15)21-9-12(7-18-21)11-3-4-13-14(5-11)25-17(23)20(13)8-10-1-2-10/h3-7,9-10H,1-2,8H2,(H,19,22). The molecule has 1 fully saturated rings. The summed E-state index contributed by atoms with van der Waals surface area (Å²) in [6, 6.07) is 5.56. The lowest BCUT2D eigenvalue weighted by Gasteiger charge is -2.01. The lowest BCUT2D eigenvalue weighted by atomic mass is 10.1. The van der Waals surface area contributed by atoms with Gasteiger partial charge in [0.2, 0.25) is 0 Å². The number of nitrogens with zero attached hydrogens (tertiary/aromatic N) is 3. The highest BCUT2D eigenvalue weighted by Crippen LogP contribution is 2.32. The van der Waals surface area contributed by atoms with E-state index in [0.29, 0.717) is 18.0 Å². The largest absolute Gasteiger partial charge is 0.419 e. The number of rotatable bonds is 4. The monoisotopic (exact) mass is 370 g/mol. The number of carbonyl (C=O) groups excluding carboxylic acids is 1. The average Bonchev–Trinajstić information content (AvgIpc) is 3.04. The zero-order valence-electron chi connectivity index (χ0n) is 13.5. The Kier molecular flexibility index (Phi) is 3.26. The van der Waals surface area contributed by atoms with E-state index in [4.69, 9.17) is 4.42 Å². The van der Waals surface area contributed by atoms with Crippen LogP contribution in [0.1, 0.15) is 12.8 Å². The minimum Gasteiger partial charge on any atom is -0.408 e. The first kappa shape index (κ1) is 15.3. The number of amides is 1. The Morgan fingerprint density at radius 1 is 1.27 bits per heavy atom. The zero-order valence-corrected chi connectivity index (χ0v) is 14.4. The molecule has 0 radical (unpaired) electrons. The van der Waals surface area contributed by atoms with Crippen LogP contribution in [-0.2, 0) is 22.3 Å². The molecule has 3 aromatic rings. The first-order chi connectivity index (χ1) is 12.6. The van der Waals surface area contributed by atoms with Crippen molar-refractivity contribution in [3.8, 4) is 11.1 Å². The Morgan fingerprint density at radius 2 is 2.12 bits per heavy atom. The molecule has 1 amide bonds. The molecule has 2 aromatic heterocycles. The summed E-state index contributed by atoms with van der Waals surface area (Å²) in [5.74, 6) is -0.172. The topological polar surface area (TPSA) is 99.1 Å². The minimum atomic E-state index is -1.61. The van der Waals surface area contributed by atoms with Crippen molar-refractivity contribution < 1.29 is 13.4 Å². The van der Waals surface area contributed by atoms with E-state index < -0.39 is 16.9 Å². The van der Waals surface area contributed by atoms with Crippen molar-refractivity contribution in [2.24, 2.45) is 5.92 Å². The Bertz CT molecular complexity index is 1170. The lowest BCUT2D eigenvalue weighted by Crippen LogP contribution is -2.17. The van der Waals surface area contributed by atoms with Gasteiger partial charge in [0.1, 0.15) is 0 Å². The van der Waals surface area contributed by atoms with E-state index in [1.54, 1.807) is 23.0 Å². The number of carbonyl (C=O) groups is 1. The molecular weight excluding hydrogens is 356 g/mol. The molecule has 0 bridgehead atoms. The van der Waals surface area contributed by atoms with Crippen LogP contribution in [0, 0.1) is 5.92 Å². The van der Waals surface area contributed by atoms with E-state index in [-0.39, 0.29) is 10.8 Å². The quantitative estimate of drug-likeness (QED) is 0.750. The number of benzene rings is 1. The van der Waals surface area contributed by atoms with Gasteiger partial charge < -0.3 is 4.42 Å². The molecule has 0 saturated heterocycles. The van der Waals surface area contributed by atoms with Gasteiger partial charge in [0.05, 0.1) is 11.7 Å². The van der Waals surface area contributed by atoms with Gasteiger partial charge in [0.15, 0.2) is 21.6 Å². The number of nitrogens with one attached hydrogen (secondary N) is 1. The van der Waals surface area contributed by atoms with Gasteiger partial charge in [-0.15, -0.1) is 0 Å². The molecule has 5 rings (SSSR count). The molecule has 0 spiro atoms. The van der Waals surface area contributed by atoms with Crippen LogP contribution in [0.5, 0.6) is 0 Å². The van der Waals surface area contributed by atoms with Crippen molar-refractivity contribution in [3.63, 3.8) is 0 Å². The number of fused-ring (bicyclic) bond motifs is 1. The molecule has 1 saturated carbocycles. The summed E-state index contributed by atoms with van der Waals surface area (Å²) in [5, 5.41) is 4.46. The number of aromatic nitrogens is 3. The Balaban J connectivity index is 1.52. The molecular formula is C17H14N4O4S. The third-order valence-electron chi connectivity index (χ3n) is 4.59. The molecule has 8 nitrogen and oxygen atoms in total. The predicted octanol–water partition coefficient (Wildman–Crippen LogP) is 1.46. The van der Waals surface area contributed by atoms with Crippen LogP contribution in [0.3, 0.4) is 0 Å². The van der Waals surface area contributed by atoms with Crippen molar-refractivity contribution >= 4 is 33.0 Å². The second-order valence-electron chi connectivity index (χ2n) is 6.50. The Labute approximate surface area is 149 Å². The van der Waals surface area contributed by atoms with Crippen LogP contribution in [-0.4, -0.2) is 24.5 Å². The Hall–Kier alpha value is -2.94. The maximum atomic E-state index is 12.1. The van der Waals surface area contributed by atoms with E-state index in [1.165, 1.54) is 10.8 Å². The molecule has 132 valence electrons. The number of hydrogen-bond acceptors (Lipinski definition) is 5. The summed E-state index contributed by atoms with van der Waals surface area (Å²) < 4.78 is 22.6. The summed E-state index contributed by atoms with van der Waals surface area (Å²) in [6.07, 6.45) is 6.87. The fourth-order valence-corrected chi connectivity index (χ4v) is 3.89. The fourth-order valence-electron chi connectivity index (χ4n) is 3.06.